The molecule has 112 valence electrons. The predicted molar refractivity (Wildman–Crippen MR) is 80.5 cm³/mol. The van der Waals surface area contributed by atoms with E-state index in [2.05, 4.69) is 31.0 Å². The van der Waals surface area contributed by atoms with Crippen LogP contribution in [-0.2, 0) is 4.74 Å². The standard InChI is InChI=1S/C16H32N2O/c1-5-15(2)13-18(10-6-7-11-19-4)16(3,12-17-15)14-8-9-14/h14,17H,5-13H2,1-4H3. The molecule has 0 bridgehead atoms. The molecule has 1 aliphatic heterocycles. The molecule has 0 aromatic heterocycles. The minimum atomic E-state index is 0.301. The van der Waals surface area contributed by atoms with Gasteiger partial charge in [0.05, 0.1) is 0 Å². The minimum Gasteiger partial charge on any atom is -0.385 e. The normalized spacial score (nSPS) is 36.6. The van der Waals surface area contributed by atoms with Crippen molar-refractivity contribution in [2.24, 2.45) is 5.92 Å². The highest BCUT2D eigenvalue weighted by Crippen LogP contribution is 2.45. The number of hydrogen-bond acceptors (Lipinski definition) is 3. The van der Waals surface area contributed by atoms with E-state index in [1.807, 2.05) is 0 Å². The molecule has 2 unspecified atom stereocenters. The summed E-state index contributed by atoms with van der Waals surface area (Å²) in [4.78, 5) is 2.78. The van der Waals surface area contributed by atoms with Gasteiger partial charge in [-0.2, -0.15) is 0 Å². The van der Waals surface area contributed by atoms with E-state index in [-0.39, 0.29) is 0 Å². The van der Waals surface area contributed by atoms with Crippen LogP contribution in [-0.4, -0.2) is 49.3 Å². The lowest BCUT2D eigenvalue weighted by Gasteiger charge is -2.53. The summed E-state index contributed by atoms with van der Waals surface area (Å²) in [5.41, 5.74) is 0.692. The molecule has 2 atom stereocenters. The van der Waals surface area contributed by atoms with E-state index in [4.69, 9.17) is 4.74 Å². The number of rotatable bonds is 7. The first-order valence-corrected chi connectivity index (χ1v) is 8.03. The van der Waals surface area contributed by atoms with Gasteiger partial charge in [-0.15, -0.1) is 0 Å². The number of unbranched alkanes of at least 4 members (excludes halogenated alkanes) is 1. The van der Waals surface area contributed by atoms with E-state index >= 15 is 0 Å². The molecule has 0 amide bonds. The van der Waals surface area contributed by atoms with E-state index in [9.17, 15) is 0 Å². The smallest absolute Gasteiger partial charge is 0.0462 e. The fourth-order valence-corrected chi connectivity index (χ4v) is 3.39. The van der Waals surface area contributed by atoms with E-state index in [0.29, 0.717) is 11.1 Å². The van der Waals surface area contributed by atoms with Gasteiger partial charge in [-0.05, 0) is 58.4 Å². The van der Waals surface area contributed by atoms with Crippen molar-refractivity contribution in [2.45, 2.75) is 64.0 Å². The molecule has 1 aliphatic carbocycles. The third-order valence-corrected chi connectivity index (χ3v) is 5.40. The number of nitrogens with zero attached hydrogens (tertiary/aromatic N) is 1. The van der Waals surface area contributed by atoms with E-state index < -0.39 is 0 Å². The summed E-state index contributed by atoms with van der Waals surface area (Å²) in [6.07, 6.45) is 6.51. The highest BCUT2D eigenvalue weighted by molar-refractivity contribution is 5.07. The van der Waals surface area contributed by atoms with Gasteiger partial charge in [0.15, 0.2) is 0 Å². The Balaban J connectivity index is 1.95. The Bertz CT molecular complexity index is 292. The molecule has 3 heteroatoms. The van der Waals surface area contributed by atoms with E-state index in [1.54, 1.807) is 7.11 Å². The Hall–Kier alpha value is -0.120. The van der Waals surface area contributed by atoms with Crippen molar-refractivity contribution in [1.82, 2.24) is 10.2 Å². The first-order chi connectivity index (χ1) is 9.04. The zero-order chi connectivity index (χ0) is 13.9. The zero-order valence-corrected chi connectivity index (χ0v) is 13.3. The largest absolute Gasteiger partial charge is 0.385 e. The third-order valence-electron chi connectivity index (χ3n) is 5.40. The Labute approximate surface area is 119 Å². The Morgan fingerprint density at radius 2 is 2.00 bits per heavy atom. The number of piperazine rings is 1. The summed E-state index contributed by atoms with van der Waals surface area (Å²) < 4.78 is 5.17. The quantitative estimate of drug-likeness (QED) is 0.718. The summed E-state index contributed by atoms with van der Waals surface area (Å²) in [5.74, 6) is 0.920. The monoisotopic (exact) mass is 268 g/mol. The van der Waals surface area contributed by atoms with Gasteiger partial charge in [0, 0.05) is 37.9 Å². The van der Waals surface area contributed by atoms with Gasteiger partial charge < -0.3 is 10.1 Å². The summed E-state index contributed by atoms with van der Waals surface area (Å²) in [6.45, 7) is 11.6. The maximum absolute atomic E-state index is 5.17. The van der Waals surface area contributed by atoms with Crippen LogP contribution in [0.4, 0.5) is 0 Å². The van der Waals surface area contributed by atoms with Crippen LogP contribution in [0.3, 0.4) is 0 Å². The summed E-state index contributed by atoms with van der Waals surface area (Å²) in [6, 6.07) is 0. The molecule has 2 aliphatic rings. The highest BCUT2D eigenvalue weighted by Gasteiger charge is 2.49. The molecule has 1 saturated heterocycles. The van der Waals surface area contributed by atoms with E-state index in [0.717, 1.165) is 19.1 Å². The van der Waals surface area contributed by atoms with Crippen LogP contribution in [0.25, 0.3) is 0 Å². The fraction of sp³-hybridized carbons (Fsp3) is 1.00. The Morgan fingerprint density at radius 1 is 1.26 bits per heavy atom. The fourth-order valence-electron chi connectivity index (χ4n) is 3.39. The van der Waals surface area contributed by atoms with E-state index in [1.165, 1.54) is 45.2 Å². The molecule has 0 aromatic rings. The van der Waals surface area contributed by atoms with Crippen LogP contribution >= 0.6 is 0 Å². The van der Waals surface area contributed by atoms with Crippen LogP contribution in [0.15, 0.2) is 0 Å². The molecule has 0 aromatic carbocycles. The van der Waals surface area contributed by atoms with Gasteiger partial charge in [0.25, 0.3) is 0 Å². The average Bonchev–Trinajstić information content (AvgIpc) is 3.24. The second-order valence-corrected chi connectivity index (χ2v) is 7.02. The molecule has 19 heavy (non-hydrogen) atoms. The molecule has 0 radical (unpaired) electrons. The molecule has 3 nitrogen and oxygen atoms in total. The van der Waals surface area contributed by atoms with Crippen LogP contribution in [0.1, 0.15) is 52.9 Å². The molecular formula is C16H32N2O. The molecule has 1 N–H and O–H groups in total. The highest BCUT2D eigenvalue weighted by atomic mass is 16.5. The van der Waals surface area contributed by atoms with Gasteiger partial charge in [-0.3, -0.25) is 4.90 Å². The Kier molecular flexibility index (Phi) is 4.91. The van der Waals surface area contributed by atoms with Crippen molar-refractivity contribution >= 4 is 0 Å². The average molecular weight is 268 g/mol. The third kappa shape index (κ3) is 3.50. The predicted octanol–water partition coefficient (Wildman–Crippen LogP) is 2.66. The lowest BCUT2D eigenvalue weighted by atomic mass is 9.84. The number of nitrogens with one attached hydrogen (secondary N) is 1. The lowest BCUT2D eigenvalue weighted by Crippen LogP contribution is -2.68. The van der Waals surface area contributed by atoms with Gasteiger partial charge in [-0.25, -0.2) is 0 Å². The first kappa shape index (κ1) is 15.3. The maximum atomic E-state index is 5.17. The maximum Gasteiger partial charge on any atom is 0.0462 e. The minimum absolute atomic E-state index is 0.301. The van der Waals surface area contributed by atoms with Crippen molar-refractivity contribution in [3.63, 3.8) is 0 Å². The van der Waals surface area contributed by atoms with Crippen molar-refractivity contribution in [2.75, 3.05) is 33.4 Å². The number of ether oxygens (including phenoxy) is 1. The SMILES string of the molecule is CCC1(C)CN(CCCCOC)C(C)(C2CC2)CN1. The number of methoxy groups -OCH3 is 1. The second kappa shape index (κ2) is 6.11. The summed E-state index contributed by atoms with van der Waals surface area (Å²) in [5, 5.41) is 3.82. The van der Waals surface area contributed by atoms with Crippen molar-refractivity contribution < 1.29 is 4.74 Å². The molecule has 1 saturated carbocycles. The summed E-state index contributed by atoms with van der Waals surface area (Å²) >= 11 is 0. The molecule has 0 spiro atoms. The van der Waals surface area contributed by atoms with Gasteiger partial charge >= 0.3 is 0 Å². The van der Waals surface area contributed by atoms with Crippen LogP contribution in [0, 0.1) is 5.92 Å². The summed E-state index contributed by atoms with van der Waals surface area (Å²) in [7, 11) is 1.80. The Morgan fingerprint density at radius 3 is 2.58 bits per heavy atom. The van der Waals surface area contributed by atoms with Gasteiger partial charge in [0.2, 0.25) is 0 Å². The first-order valence-electron chi connectivity index (χ1n) is 8.03. The number of hydrogen-bond donors (Lipinski definition) is 1. The van der Waals surface area contributed by atoms with Gasteiger partial charge in [-0.1, -0.05) is 6.92 Å². The van der Waals surface area contributed by atoms with Crippen molar-refractivity contribution in [3.8, 4) is 0 Å². The van der Waals surface area contributed by atoms with Crippen molar-refractivity contribution in [3.05, 3.63) is 0 Å². The second-order valence-electron chi connectivity index (χ2n) is 7.02. The molecule has 2 fully saturated rings. The molecule has 2 rings (SSSR count). The van der Waals surface area contributed by atoms with Crippen LogP contribution in [0.5, 0.6) is 0 Å². The lowest BCUT2D eigenvalue weighted by molar-refractivity contribution is 0.00304. The van der Waals surface area contributed by atoms with Crippen molar-refractivity contribution in [1.29, 1.82) is 0 Å². The molecular weight excluding hydrogens is 236 g/mol. The van der Waals surface area contributed by atoms with Gasteiger partial charge in [0.1, 0.15) is 0 Å². The molecule has 1 heterocycles. The van der Waals surface area contributed by atoms with Crippen LogP contribution in [0.2, 0.25) is 0 Å². The topological polar surface area (TPSA) is 24.5 Å². The van der Waals surface area contributed by atoms with Crippen LogP contribution < -0.4 is 5.32 Å². The zero-order valence-electron chi connectivity index (χ0n) is 13.3.